The number of hydrogen-bond acceptors (Lipinski definition) is 4. The van der Waals surface area contributed by atoms with E-state index in [1.54, 1.807) is 0 Å². The van der Waals surface area contributed by atoms with Crippen molar-refractivity contribution in [1.29, 1.82) is 0 Å². The molecule has 2 heterocycles. The van der Waals surface area contributed by atoms with E-state index < -0.39 is 0 Å². The molecule has 0 radical (unpaired) electrons. The Morgan fingerprint density at radius 1 is 0.667 bits per heavy atom. The summed E-state index contributed by atoms with van der Waals surface area (Å²) in [6.45, 7) is 17.4. The molecular formula is C26H44N2O2. The smallest absolute Gasteiger partial charge is 0.0599 e. The predicted molar refractivity (Wildman–Crippen MR) is 125 cm³/mol. The fraction of sp³-hybridized carbons (Fsp3) is 0.769. The highest BCUT2D eigenvalue weighted by Crippen LogP contribution is 2.19. The maximum Gasteiger partial charge on any atom is 0.0599 e. The van der Waals surface area contributed by atoms with Crippen LogP contribution in [-0.2, 0) is 22.6 Å². The Labute approximate surface area is 184 Å². The zero-order valence-electron chi connectivity index (χ0n) is 19.8. The van der Waals surface area contributed by atoms with Crippen LogP contribution in [-0.4, -0.2) is 61.4 Å². The van der Waals surface area contributed by atoms with Crippen molar-refractivity contribution in [2.45, 2.75) is 78.7 Å². The fourth-order valence-electron chi connectivity index (χ4n) is 4.39. The van der Waals surface area contributed by atoms with E-state index >= 15 is 0 Å². The first kappa shape index (κ1) is 23.7. The first-order valence-corrected chi connectivity index (χ1v) is 12.2. The van der Waals surface area contributed by atoms with Gasteiger partial charge in [0.15, 0.2) is 0 Å². The monoisotopic (exact) mass is 416 g/mol. The molecule has 1 aromatic rings. The van der Waals surface area contributed by atoms with Crippen LogP contribution < -0.4 is 0 Å². The Morgan fingerprint density at radius 3 is 1.30 bits per heavy atom. The van der Waals surface area contributed by atoms with Crippen molar-refractivity contribution in [3.8, 4) is 0 Å². The van der Waals surface area contributed by atoms with Crippen LogP contribution in [0.1, 0.15) is 64.5 Å². The van der Waals surface area contributed by atoms with Crippen LogP contribution in [0.4, 0.5) is 0 Å². The van der Waals surface area contributed by atoms with E-state index in [0.29, 0.717) is 24.0 Å². The molecular weight excluding hydrogens is 372 g/mol. The summed E-state index contributed by atoms with van der Waals surface area (Å²) in [7, 11) is 0. The van der Waals surface area contributed by atoms with Crippen LogP contribution in [0, 0.1) is 11.8 Å². The molecule has 30 heavy (non-hydrogen) atoms. The van der Waals surface area contributed by atoms with E-state index in [4.69, 9.17) is 9.47 Å². The molecule has 0 aliphatic carbocycles. The number of likely N-dealkylation sites (tertiary alicyclic amines) is 2. The van der Waals surface area contributed by atoms with Crippen LogP contribution in [0.5, 0.6) is 0 Å². The molecule has 2 aliphatic heterocycles. The lowest BCUT2D eigenvalue weighted by Gasteiger charge is -2.33. The second kappa shape index (κ2) is 12.2. The molecule has 0 saturated carbocycles. The van der Waals surface area contributed by atoms with E-state index in [1.807, 2.05) is 0 Å². The largest absolute Gasteiger partial charge is 0.378 e. The summed E-state index contributed by atoms with van der Waals surface area (Å²) in [4.78, 5) is 5.15. The Bertz CT molecular complexity index is 533. The second-order valence-electron chi connectivity index (χ2n) is 10.2. The summed E-state index contributed by atoms with van der Waals surface area (Å²) in [6.07, 6.45) is 5.60. The van der Waals surface area contributed by atoms with Gasteiger partial charge in [0, 0.05) is 52.5 Å². The van der Waals surface area contributed by atoms with E-state index in [9.17, 15) is 0 Å². The van der Waals surface area contributed by atoms with Gasteiger partial charge in [0.1, 0.15) is 0 Å². The lowest BCUT2D eigenvalue weighted by atomic mass is 10.0. The summed E-state index contributed by atoms with van der Waals surface area (Å²) >= 11 is 0. The zero-order valence-corrected chi connectivity index (χ0v) is 19.8. The van der Waals surface area contributed by atoms with Gasteiger partial charge in [-0.2, -0.15) is 0 Å². The third-order valence-electron chi connectivity index (χ3n) is 6.24. The van der Waals surface area contributed by atoms with Crippen molar-refractivity contribution in [1.82, 2.24) is 9.80 Å². The predicted octanol–water partition coefficient (Wildman–Crippen LogP) is 4.96. The van der Waals surface area contributed by atoms with Crippen molar-refractivity contribution in [2.75, 3.05) is 39.4 Å². The summed E-state index contributed by atoms with van der Waals surface area (Å²) < 4.78 is 12.0. The molecule has 0 unspecified atom stereocenters. The number of ether oxygens (including phenoxy) is 2. The number of hydrogen-bond donors (Lipinski definition) is 0. The highest BCUT2D eigenvalue weighted by atomic mass is 16.5. The number of piperidine rings is 2. The van der Waals surface area contributed by atoms with E-state index in [2.05, 4.69) is 61.8 Å². The van der Waals surface area contributed by atoms with Crippen LogP contribution in [0.2, 0.25) is 0 Å². The van der Waals surface area contributed by atoms with Crippen LogP contribution in [0.25, 0.3) is 0 Å². The molecule has 3 rings (SSSR count). The highest BCUT2D eigenvalue weighted by molar-refractivity contribution is 5.22. The summed E-state index contributed by atoms with van der Waals surface area (Å²) in [5, 5.41) is 0. The molecule has 0 N–H and O–H groups in total. The first-order valence-electron chi connectivity index (χ1n) is 12.2. The van der Waals surface area contributed by atoms with Crippen molar-refractivity contribution >= 4 is 0 Å². The van der Waals surface area contributed by atoms with E-state index in [-0.39, 0.29) is 0 Å². The van der Waals surface area contributed by atoms with Gasteiger partial charge in [0.2, 0.25) is 0 Å². The van der Waals surface area contributed by atoms with Gasteiger partial charge in [0.05, 0.1) is 12.2 Å². The molecule has 0 amide bonds. The minimum absolute atomic E-state index is 0.464. The molecule has 170 valence electrons. The van der Waals surface area contributed by atoms with Crippen molar-refractivity contribution in [3.63, 3.8) is 0 Å². The Morgan fingerprint density at radius 2 is 1.00 bits per heavy atom. The lowest BCUT2D eigenvalue weighted by Crippen LogP contribution is -2.37. The third kappa shape index (κ3) is 8.30. The standard InChI is InChI=1S/C26H44N2O2/c1-21(2)19-29-25-9-13-27(14-10-25)17-23-5-7-24(8-6-23)18-28-15-11-26(12-16-28)30-20-22(3)4/h5-8,21-22,25-26H,9-20H2,1-4H3. The minimum Gasteiger partial charge on any atom is -0.378 e. The fourth-order valence-corrected chi connectivity index (χ4v) is 4.39. The topological polar surface area (TPSA) is 24.9 Å². The normalized spacial score (nSPS) is 20.5. The average Bonchev–Trinajstić information content (AvgIpc) is 2.74. The summed E-state index contributed by atoms with van der Waals surface area (Å²) in [5.41, 5.74) is 2.86. The Kier molecular flexibility index (Phi) is 9.64. The molecule has 0 spiro atoms. The van der Waals surface area contributed by atoms with Gasteiger partial charge in [-0.05, 0) is 48.6 Å². The van der Waals surface area contributed by atoms with Gasteiger partial charge < -0.3 is 9.47 Å². The molecule has 2 aliphatic rings. The maximum atomic E-state index is 6.02. The number of benzene rings is 1. The van der Waals surface area contributed by atoms with Crippen molar-refractivity contribution < 1.29 is 9.47 Å². The Hall–Kier alpha value is -0.940. The average molecular weight is 417 g/mol. The first-order chi connectivity index (χ1) is 14.5. The van der Waals surface area contributed by atoms with Gasteiger partial charge in [-0.15, -0.1) is 0 Å². The molecule has 0 aromatic heterocycles. The van der Waals surface area contributed by atoms with Crippen molar-refractivity contribution in [3.05, 3.63) is 35.4 Å². The number of nitrogens with zero attached hydrogens (tertiary/aromatic N) is 2. The van der Waals surface area contributed by atoms with Crippen LogP contribution in [0.15, 0.2) is 24.3 Å². The lowest BCUT2D eigenvalue weighted by molar-refractivity contribution is -0.00606. The van der Waals surface area contributed by atoms with Gasteiger partial charge in [-0.1, -0.05) is 52.0 Å². The summed E-state index contributed by atoms with van der Waals surface area (Å²) in [6, 6.07) is 9.31. The van der Waals surface area contributed by atoms with E-state index in [1.165, 1.54) is 36.8 Å². The van der Waals surface area contributed by atoms with Gasteiger partial charge in [-0.3, -0.25) is 9.80 Å². The summed E-state index contributed by atoms with van der Waals surface area (Å²) in [5.74, 6) is 1.26. The zero-order chi connectivity index (χ0) is 21.3. The molecule has 2 saturated heterocycles. The van der Waals surface area contributed by atoms with Crippen LogP contribution in [0.3, 0.4) is 0 Å². The number of rotatable bonds is 10. The maximum absolute atomic E-state index is 6.02. The molecule has 0 atom stereocenters. The highest BCUT2D eigenvalue weighted by Gasteiger charge is 2.21. The molecule has 1 aromatic carbocycles. The second-order valence-corrected chi connectivity index (χ2v) is 10.2. The molecule has 4 heteroatoms. The quantitative estimate of drug-likeness (QED) is 0.538. The van der Waals surface area contributed by atoms with Gasteiger partial charge >= 0.3 is 0 Å². The van der Waals surface area contributed by atoms with E-state index in [0.717, 1.165) is 52.5 Å². The third-order valence-corrected chi connectivity index (χ3v) is 6.24. The molecule has 4 nitrogen and oxygen atoms in total. The molecule has 2 fully saturated rings. The SMILES string of the molecule is CC(C)COC1CCN(Cc2ccc(CN3CCC(OCC(C)C)CC3)cc2)CC1. The Balaban J connectivity index is 1.35. The molecule has 0 bridgehead atoms. The minimum atomic E-state index is 0.464. The van der Waals surface area contributed by atoms with Crippen molar-refractivity contribution in [2.24, 2.45) is 11.8 Å². The van der Waals surface area contributed by atoms with Crippen LogP contribution >= 0.6 is 0 Å². The van der Waals surface area contributed by atoms with Gasteiger partial charge in [0.25, 0.3) is 0 Å². The van der Waals surface area contributed by atoms with Gasteiger partial charge in [-0.25, -0.2) is 0 Å².